The van der Waals surface area contributed by atoms with E-state index >= 15 is 0 Å². The average Bonchev–Trinajstić information content (AvgIpc) is 2.17. The van der Waals surface area contributed by atoms with Gasteiger partial charge in [0.05, 0.1) is 12.7 Å². The molecule has 0 saturated heterocycles. The van der Waals surface area contributed by atoms with Crippen LogP contribution in [-0.2, 0) is 0 Å². The van der Waals surface area contributed by atoms with Crippen molar-refractivity contribution in [3.8, 4) is 0 Å². The van der Waals surface area contributed by atoms with Gasteiger partial charge in [0.15, 0.2) is 0 Å². The summed E-state index contributed by atoms with van der Waals surface area (Å²) in [6, 6.07) is 8.11. The van der Waals surface area contributed by atoms with E-state index in [0.717, 1.165) is 5.56 Å². The van der Waals surface area contributed by atoms with Crippen LogP contribution in [0.15, 0.2) is 24.3 Å². The normalized spacial score (nSPS) is 15.3. The van der Waals surface area contributed by atoms with Crippen LogP contribution < -0.4 is 0 Å². The minimum atomic E-state index is -0.674. The summed E-state index contributed by atoms with van der Waals surface area (Å²) in [5.41, 5.74) is 2.29. The first-order valence-electron chi connectivity index (χ1n) is 5.41. The molecule has 2 nitrogen and oxygen atoms in total. The maximum atomic E-state index is 9.78. The van der Waals surface area contributed by atoms with Crippen LogP contribution in [0, 0.1) is 12.8 Å². The molecule has 2 unspecified atom stereocenters. The Kier molecular flexibility index (Phi) is 4.30. The smallest absolute Gasteiger partial charge is 0.0841 e. The number of hydrogen-bond acceptors (Lipinski definition) is 2. The summed E-state index contributed by atoms with van der Waals surface area (Å²) in [5.74, 6) is 0.323. The van der Waals surface area contributed by atoms with E-state index in [1.165, 1.54) is 5.56 Å². The molecule has 0 aromatic heterocycles. The summed E-state index contributed by atoms with van der Waals surface area (Å²) in [5, 5.41) is 18.8. The number of aryl methyl sites for hydroxylation is 1. The molecule has 0 bridgehead atoms. The maximum Gasteiger partial charge on any atom is 0.0841 e. The predicted molar refractivity (Wildman–Crippen MR) is 61.9 cm³/mol. The molecule has 0 radical (unpaired) electrons. The zero-order valence-corrected chi connectivity index (χ0v) is 9.64. The molecule has 2 heteroatoms. The van der Waals surface area contributed by atoms with Gasteiger partial charge >= 0.3 is 0 Å². The van der Waals surface area contributed by atoms with E-state index in [2.05, 4.69) is 19.9 Å². The summed E-state index contributed by atoms with van der Waals surface area (Å²) in [4.78, 5) is 0. The highest BCUT2D eigenvalue weighted by Crippen LogP contribution is 2.28. The van der Waals surface area contributed by atoms with Crippen LogP contribution in [0.3, 0.4) is 0 Å². The molecule has 0 aliphatic carbocycles. The molecule has 1 aromatic carbocycles. The van der Waals surface area contributed by atoms with Crippen LogP contribution in [-0.4, -0.2) is 22.9 Å². The highest BCUT2D eigenvalue weighted by Gasteiger charge is 2.23. The summed E-state index contributed by atoms with van der Waals surface area (Å²) in [7, 11) is 0. The second-order valence-corrected chi connectivity index (χ2v) is 4.43. The fourth-order valence-electron chi connectivity index (χ4n) is 2.04. The van der Waals surface area contributed by atoms with Crippen molar-refractivity contribution >= 4 is 0 Å². The number of aliphatic hydroxyl groups is 2. The second-order valence-electron chi connectivity index (χ2n) is 4.43. The largest absolute Gasteiger partial charge is 0.394 e. The van der Waals surface area contributed by atoms with Gasteiger partial charge in [-0.05, 0) is 18.4 Å². The molecule has 0 spiro atoms. The SMILES string of the molecule is Cc1cccc(C(C(C)C)C(O)CO)c1. The van der Waals surface area contributed by atoms with Crippen molar-refractivity contribution in [3.05, 3.63) is 35.4 Å². The fraction of sp³-hybridized carbons (Fsp3) is 0.538. The Morgan fingerprint density at radius 3 is 2.40 bits per heavy atom. The fourth-order valence-corrected chi connectivity index (χ4v) is 2.04. The molecule has 0 saturated carbocycles. The van der Waals surface area contributed by atoms with Gasteiger partial charge in [-0.2, -0.15) is 0 Å². The van der Waals surface area contributed by atoms with Crippen LogP contribution in [0.25, 0.3) is 0 Å². The van der Waals surface area contributed by atoms with Gasteiger partial charge in [0.2, 0.25) is 0 Å². The first-order chi connectivity index (χ1) is 7.06. The lowest BCUT2D eigenvalue weighted by Crippen LogP contribution is -2.26. The van der Waals surface area contributed by atoms with Crippen molar-refractivity contribution in [3.63, 3.8) is 0 Å². The Bertz CT molecular complexity index is 307. The van der Waals surface area contributed by atoms with Crippen LogP contribution in [0.4, 0.5) is 0 Å². The van der Waals surface area contributed by atoms with E-state index in [9.17, 15) is 5.11 Å². The Morgan fingerprint density at radius 2 is 1.93 bits per heavy atom. The van der Waals surface area contributed by atoms with E-state index in [1.807, 2.05) is 25.1 Å². The van der Waals surface area contributed by atoms with Gasteiger partial charge < -0.3 is 10.2 Å². The van der Waals surface area contributed by atoms with Crippen LogP contribution in [0.2, 0.25) is 0 Å². The van der Waals surface area contributed by atoms with Crippen LogP contribution in [0.5, 0.6) is 0 Å². The molecule has 2 N–H and O–H groups in total. The Morgan fingerprint density at radius 1 is 1.27 bits per heavy atom. The van der Waals surface area contributed by atoms with Crippen molar-refractivity contribution in [1.29, 1.82) is 0 Å². The molecule has 2 atom stereocenters. The molecule has 0 aliphatic heterocycles. The van der Waals surface area contributed by atoms with Crippen molar-refractivity contribution < 1.29 is 10.2 Å². The van der Waals surface area contributed by atoms with Gasteiger partial charge in [0.25, 0.3) is 0 Å². The molecule has 1 rings (SSSR count). The summed E-state index contributed by atoms with van der Waals surface area (Å²) in [6.07, 6.45) is -0.674. The topological polar surface area (TPSA) is 40.5 Å². The van der Waals surface area contributed by atoms with Crippen molar-refractivity contribution in [2.45, 2.75) is 32.8 Å². The van der Waals surface area contributed by atoms with Crippen LogP contribution >= 0.6 is 0 Å². The second kappa shape index (κ2) is 5.29. The van der Waals surface area contributed by atoms with Crippen molar-refractivity contribution in [1.82, 2.24) is 0 Å². The molecule has 15 heavy (non-hydrogen) atoms. The highest BCUT2D eigenvalue weighted by molar-refractivity contribution is 5.26. The lowest BCUT2D eigenvalue weighted by molar-refractivity contribution is 0.0591. The minimum absolute atomic E-state index is 0.00917. The quantitative estimate of drug-likeness (QED) is 0.795. The third-order valence-electron chi connectivity index (χ3n) is 2.75. The number of aliphatic hydroxyl groups excluding tert-OH is 2. The van der Waals surface area contributed by atoms with E-state index in [1.54, 1.807) is 0 Å². The average molecular weight is 208 g/mol. The molecule has 0 fully saturated rings. The Labute approximate surface area is 91.6 Å². The summed E-state index contributed by atoms with van der Waals surface area (Å²) < 4.78 is 0. The van der Waals surface area contributed by atoms with Gasteiger partial charge in [0, 0.05) is 5.92 Å². The Hall–Kier alpha value is -0.860. The lowest BCUT2D eigenvalue weighted by atomic mass is 9.83. The molecule has 0 heterocycles. The highest BCUT2D eigenvalue weighted by atomic mass is 16.3. The minimum Gasteiger partial charge on any atom is -0.394 e. The van der Waals surface area contributed by atoms with Gasteiger partial charge in [-0.3, -0.25) is 0 Å². The summed E-state index contributed by atoms with van der Waals surface area (Å²) in [6.45, 7) is 5.97. The molecular formula is C13H20O2. The zero-order valence-electron chi connectivity index (χ0n) is 9.64. The molecule has 0 amide bonds. The standard InChI is InChI=1S/C13H20O2/c1-9(2)13(12(15)8-14)11-6-4-5-10(3)7-11/h4-7,9,12-15H,8H2,1-3H3. The lowest BCUT2D eigenvalue weighted by Gasteiger charge is -2.25. The zero-order chi connectivity index (χ0) is 11.4. The summed E-state index contributed by atoms with van der Waals surface area (Å²) >= 11 is 0. The molecule has 1 aromatic rings. The Balaban J connectivity index is 2.99. The number of rotatable bonds is 4. The van der Waals surface area contributed by atoms with Crippen molar-refractivity contribution in [2.24, 2.45) is 5.92 Å². The van der Waals surface area contributed by atoms with Gasteiger partial charge in [-0.25, -0.2) is 0 Å². The van der Waals surface area contributed by atoms with E-state index in [-0.39, 0.29) is 12.5 Å². The van der Waals surface area contributed by atoms with Crippen LogP contribution in [0.1, 0.15) is 30.9 Å². The number of benzene rings is 1. The van der Waals surface area contributed by atoms with E-state index < -0.39 is 6.10 Å². The molecular weight excluding hydrogens is 188 g/mol. The predicted octanol–water partition coefficient (Wildman–Crippen LogP) is 2.09. The van der Waals surface area contributed by atoms with E-state index in [0.29, 0.717) is 5.92 Å². The third-order valence-corrected chi connectivity index (χ3v) is 2.75. The van der Waals surface area contributed by atoms with Crippen molar-refractivity contribution in [2.75, 3.05) is 6.61 Å². The monoisotopic (exact) mass is 208 g/mol. The van der Waals surface area contributed by atoms with Gasteiger partial charge in [-0.1, -0.05) is 43.7 Å². The van der Waals surface area contributed by atoms with E-state index in [4.69, 9.17) is 5.11 Å². The van der Waals surface area contributed by atoms with Gasteiger partial charge in [0.1, 0.15) is 0 Å². The third kappa shape index (κ3) is 3.05. The maximum absolute atomic E-state index is 9.78. The number of hydrogen-bond donors (Lipinski definition) is 2. The van der Waals surface area contributed by atoms with Gasteiger partial charge in [-0.15, -0.1) is 0 Å². The first-order valence-corrected chi connectivity index (χ1v) is 5.41. The molecule has 84 valence electrons. The first kappa shape index (κ1) is 12.2. The molecule has 0 aliphatic rings.